The SMILES string of the molecule is Nc1onc(-c2cc(Br)ccc2F)c1-c1ccc(F)cc1. The maximum Gasteiger partial charge on any atom is 0.230 e. The summed E-state index contributed by atoms with van der Waals surface area (Å²) in [7, 11) is 0. The van der Waals surface area contributed by atoms with Gasteiger partial charge in [0.25, 0.3) is 0 Å². The molecule has 0 spiro atoms. The lowest BCUT2D eigenvalue weighted by molar-refractivity contribution is 0.439. The molecule has 21 heavy (non-hydrogen) atoms. The molecule has 0 aliphatic rings. The van der Waals surface area contributed by atoms with E-state index in [0.717, 1.165) is 0 Å². The van der Waals surface area contributed by atoms with Crippen molar-refractivity contribution in [2.24, 2.45) is 0 Å². The highest BCUT2D eigenvalue weighted by Gasteiger charge is 2.20. The third-order valence-electron chi connectivity index (χ3n) is 3.03. The number of nitrogen functional groups attached to an aromatic ring is 1. The van der Waals surface area contributed by atoms with Crippen molar-refractivity contribution in [1.82, 2.24) is 5.16 Å². The van der Waals surface area contributed by atoms with Crippen LogP contribution in [-0.4, -0.2) is 5.16 Å². The zero-order valence-corrected chi connectivity index (χ0v) is 12.2. The van der Waals surface area contributed by atoms with Gasteiger partial charge in [-0.05, 0) is 35.9 Å². The molecule has 0 saturated heterocycles. The van der Waals surface area contributed by atoms with E-state index in [1.54, 1.807) is 12.1 Å². The van der Waals surface area contributed by atoms with E-state index in [2.05, 4.69) is 21.1 Å². The summed E-state index contributed by atoms with van der Waals surface area (Å²) < 4.78 is 32.7. The molecule has 106 valence electrons. The number of halogens is 3. The first-order valence-electron chi connectivity index (χ1n) is 6.03. The first kappa shape index (κ1) is 13.8. The first-order valence-corrected chi connectivity index (χ1v) is 6.82. The molecule has 0 saturated carbocycles. The standard InChI is InChI=1S/C15H9BrF2N2O/c16-9-3-6-12(18)11(7-9)14-13(15(19)21-20-14)8-1-4-10(17)5-2-8/h1-7H,19H2. The van der Waals surface area contributed by atoms with Crippen LogP contribution in [0.15, 0.2) is 51.5 Å². The fraction of sp³-hybridized carbons (Fsp3) is 0. The molecule has 1 heterocycles. The maximum absolute atomic E-state index is 14.0. The average Bonchev–Trinajstić information content (AvgIpc) is 2.84. The Labute approximate surface area is 127 Å². The van der Waals surface area contributed by atoms with Gasteiger partial charge in [-0.15, -0.1) is 0 Å². The lowest BCUT2D eigenvalue weighted by atomic mass is 10.0. The predicted molar refractivity (Wildman–Crippen MR) is 79.4 cm³/mol. The highest BCUT2D eigenvalue weighted by atomic mass is 79.9. The van der Waals surface area contributed by atoms with Gasteiger partial charge in [-0.2, -0.15) is 0 Å². The van der Waals surface area contributed by atoms with Crippen molar-refractivity contribution in [3.63, 3.8) is 0 Å². The molecule has 3 nitrogen and oxygen atoms in total. The van der Waals surface area contributed by atoms with Crippen molar-refractivity contribution in [3.05, 3.63) is 58.6 Å². The number of anilines is 1. The largest absolute Gasteiger partial charge is 0.367 e. The van der Waals surface area contributed by atoms with Crippen molar-refractivity contribution in [3.8, 4) is 22.4 Å². The molecule has 0 unspecified atom stereocenters. The van der Waals surface area contributed by atoms with Gasteiger partial charge in [0, 0.05) is 10.0 Å². The number of benzene rings is 2. The molecule has 1 aromatic heterocycles. The smallest absolute Gasteiger partial charge is 0.230 e. The molecule has 3 rings (SSSR count). The molecule has 6 heteroatoms. The van der Waals surface area contributed by atoms with Crippen LogP contribution in [0.3, 0.4) is 0 Å². The number of hydrogen-bond donors (Lipinski definition) is 1. The fourth-order valence-electron chi connectivity index (χ4n) is 2.06. The van der Waals surface area contributed by atoms with E-state index in [1.165, 1.54) is 30.3 Å². The van der Waals surface area contributed by atoms with Gasteiger partial charge in [0.1, 0.15) is 17.3 Å². The quantitative estimate of drug-likeness (QED) is 0.732. The number of aromatic nitrogens is 1. The lowest BCUT2D eigenvalue weighted by Gasteiger charge is -2.04. The minimum Gasteiger partial charge on any atom is -0.367 e. The lowest BCUT2D eigenvalue weighted by Crippen LogP contribution is -1.90. The van der Waals surface area contributed by atoms with E-state index in [-0.39, 0.29) is 23.0 Å². The Kier molecular flexibility index (Phi) is 3.47. The summed E-state index contributed by atoms with van der Waals surface area (Å²) in [5.74, 6) is -0.769. The van der Waals surface area contributed by atoms with Crippen LogP contribution in [0.5, 0.6) is 0 Å². The van der Waals surface area contributed by atoms with E-state index >= 15 is 0 Å². The number of nitrogens with zero attached hydrogens (tertiary/aromatic N) is 1. The molecular formula is C15H9BrF2N2O. The highest BCUT2D eigenvalue weighted by Crippen LogP contribution is 2.38. The van der Waals surface area contributed by atoms with Crippen LogP contribution in [0.25, 0.3) is 22.4 Å². The summed E-state index contributed by atoms with van der Waals surface area (Å²) in [6.07, 6.45) is 0. The molecule has 0 amide bonds. The average molecular weight is 351 g/mol. The van der Waals surface area contributed by atoms with Crippen molar-refractivity contribution in [2.75, 3.05) is 5.73 Å². The van der Waals surface area contributed by atoms with Gasteiger partial charge in [-0.1, -0.05) is 33.2 Å². The predicted octanol–water partition coefficient (Wildman–Crippen LogP) is 4.63. The summed E-state index contributed by atoms with van der Waals surface area (Å²) in [4.78, 5) is 0. The molecule has 0 aliphatic heterocycles. The number of rotatable bonds is 2. The molecule has 3 aromatic rings. The normalized spacial score (nSPS) is 10.8. The Hall–Kier alpha value is -2.21. The van der Waals surface area contributed by atoms with Crippen LogP contribution in [0.1, 0.15) is 0 Å². The highest BCUT2D eigenvalue weighted by molar-refractivity contribution is 9.10. The van der Waals surface area contributed by atoms with Crippen LogP contribution in [0.2, 0.25) is 0 Å². The number of hydrogen-bond acceptors (Lipinski definition) is 3. The van der Waals surface area contributed by atoms with Gasteiger partial charge < -0.3 is 10.3 Å². The topological polar surface area (TPSA) is 52.0 Å². The first-order chi connectivity index (χ1) is 10.1. The van der Waals surface area contributed by atoms with Gasteiger partial charge in [0.15, 0.2) is 0 Å². The molecule has 0 radical (unpaired) electrons. The third kappa shape index (κ3) is 2.54. The molecule has 0 aliphatic carbocycles. The van der Waals surface area contributed by atoms with E-state index in [4.69, 9.17) is 10.3 Å². The van der Waals surface area contributed by atoms with Crippen LogP contribution in [0.4, 0.5) is 14.7 Å². The Morgan fingerprint density at radius 1 is 1.05 bits per heavy atom. The van der Waals surface area contributed by atoms with Crippen molar-refractivity contribution < 1.29 is 13.3 Å². The monoisotopic (exact) mass is 350 g/mol. The van der Waals surface area contributed by atoms with E-state index in [9.17, 15) is 8.78 Å². The second kappa shape index (κ2) is 5.29. The van der Waals surface area contributed by atoms with Crippen LogP contribution < -0.4 is 5.73 Å². The Morgan fingerprint density at radius 2 is 1.76 bits per heavy atom. The zero-order valence-electron chi connectivity index (χ0n) is 10.6. The Morgan fingerprint density at radius 3 is 2.48 bits per heavy atom. The molecule has 2 N–H and O–H groups in total. The van der Waals surface area contributed by atoms with Crippen LogP contribution in [-0.2, 0) is 0 Å². The van der Waals surface area contributed by atoms with Crippen molar-refractivity contribution in [1.29, 1.82) is 0 Å². The van der Waals surface area contributed by atoms with E-state index < -0.39 is 5.82 Å². The summed E-state index contributed by atoms with van der Waals surface area (Å²) in [5.41, 5.74) is 7.35. The van der Waals surface area contributed by atoms with Crippen molar-refractivity contribution in [2.45, 2.75) is 0 Å². The molecule has 0 bridgehead atoms. The summed E-state index contributed by atoms with van der Waals surface area (Å²) in [5, 5.41) is 3.83. The minimum absolute atomic E-state index is 0.0518. The molecule has 0 atom stereocenters. The Balaban J connectivity index is 2.21. The minimum atomic E-state index is -0.449. The van der Waals surface area contributed by atoms with Gasteiger partial charge in [0.05, 0.1) is 5.56 Å². The summed E-state index contributed by atoms with van der Waals surface area (Å²) in [6, 6.07) is 10.2. The molecule has 0 fully saturated rings. The summed E-state index contributed by atoms with van der Waals surface area (Å²) >= 11 is 3.28. The van der Waals surface area contributed by atoms with Crippen LogP contribution in [0, 0.1) is 11.6 Å². The number of nitrogens with two attached hydrogens (primary N) is 1. The fourth-order valence-corrected chi connectivity index (χ4v) is 2.42. The van der Waals surface area contributed by atoms with Crippen molar-refractivity contribution >= 4 is 21.8 Å². The molecular weight excluding hydrogens is 342 g/mol. The van der Waals surface area contributed by atoms with E-state index in [0.29, 0.717) is 15.6 Å². The van der Waals surface area contributed by atoms with Crippen LogP contribution >= 0.6 is 15.9 Å². The van der Waals surface area contributed by atoms with E-state index in [1.807, 2.05) is 0 Å². The van der Waals surface area contributed by atoms with Gasteiger partial charge >= 0.3 is 0 Å². The van der Waals surface area contributed by atoms with Gasteiger partial charge in [0.2, 0.25) is 5.88 Å². The summed E-state index contributed by atoms with van der Waals surface area (Å²) in [6.45, 7) is 0. The zero-order chi connectivity index (χ0) is 15.0. The third-order valence-corrected chi connectivity index (χ3v) is 3.53. The maximum atomic E-state index is 14.0. The second-order valence-corrected chi connectivity index (χ2v) is 5.32. The van der Waals surface area contributed by atoms with Gasteiger partial charge in [-0.3, -0.25) is 0 Å². The Bertz CT molecular complexity index is 800. The molecule has 2 aromatic carbocycles. The van der Waals surface area contributed by atoms with Gasteiger partial charge in [-0.25, -0.2) is 8.78 Å². The second-order valence-electron chi connectivity index (χ2n) is 4.40.